The molecule has 0 bridgehead atoms. The highest BCUT2D eigenvalue weighted by atomic mass is 79.9. The zero-order valence-corrected chi connectivity index (χ0v) is 16.4. The van der Waals surface area contributed by atoms with E-state index < -0.39 is 21.2 Å². The number of halogens is 1. The highest BCUT2D eigenvalue weighted by Gasteiger charge is 2.22. The van der Waals surface area contributed by atoms with E-state index in [0.29, 0.717) is 11.3 Å². The average Bonchev–Trinajstić information content (AvgIpc) is 2.98. The third-order valence-corrected chi connectivity index (χ3v) is 4.19. The van der Waals surface area contributed by atoms with Gasteiger partial charge in [-0.3, -0.25) is 20.2 Å². The molecule has 2 N–H and O–H groups in total. The van der Waals surface area contributed by atoms with E-state index in [0.717, 1.165) is 16.6 Å². The Hall–Kier alpha value is -3.80. The van der Waals surface area contributed by atoms with Gasteiger partial charge in [-0.25, -0.2) is 9.66 Å². The number of imidazole rings is 1. The molecule has 1 aromatic heterocycles. The molecular weight excluding hydrogens is 448 g/mol. The summed E-state index contributed by atoms with van der Waals surface area (Å²) in [5.41, 5.74) is 5.99. The minimum absolute atomic E-state index is 0.143. The van der Waals surface area contributed by atoms with E-state index in [4.69, 9.17) is 10.5 Å². The van der Waals surface area contributed by atoms with Crippen LogP contribution in [0.2, 0.25) is 0 Å². The van der Waals surface area contributed by atoms with Gasteiger partial charge in [-0.1, -0.05) is 15.9 Å². The first kappa shape index (κ1) is 19.9. The number of anilines is 1. The molecule has 0 spiro atoms. The summed E-state index contributed by atoms with van der Waals surface area (Å²) in [5.74, 6) is 0.307. The molecule has 3 aromatic rings. The molecule has 0 aliphatic rings. The lowest BCUT2D eigenvalue weighted by molar-refractivity contribution is -0.394. The van der Waals surface area contributed by atoms with E-state index in [9.17, 15) is 20.2 Å². The predicted molar refractivity (Wildman–Crippen MR) is 108 cm³/mol. The lowest BCUT2D eigenvalue weighted by atomic mass is 10.2. The summed E-state index contributed by atoms with van der Waals surface area (Å²) in [5, 5.41) is 26.4. The van der Waals surface area contributed by atoms with Crippen molar-refractivity contribution in [2.45, 2.75) is 6.92 Å². The Kier molecular flexibility index (Phi) is 5.54. The van der Waals surface area contributed by atoms with Crippen LogP contribution >= 0.6 is 15.9 Å². The second-order valence-corrected chi connectivity index (χ2v) is 6.70. The number of nitrogen functional groups attached to an aromatic ring is 1. The molecule has 148 valence electrons. The molecule has 1 heterocycles. The van der Waals surface area contributed by atoms with Gasteiger partial charge in [-0.05, 0) is 31.2 Å². The van der Waals surface area contributed by atoms with Crippen molar-refractivity contribution >= 4 is 39.5 Å². The van der Waals surface area contributed by atoms with Crippen LogP contribution in [0.4, 0.5) is 17.3 Å². The molecular formula is C17H13BrN6O5. The maximum Gasteiger partial charge on any atom is 0.318 e. The van der Waals surface area contributed by atoms with Crippen LogP contribution in [-0.4, -0.2) is 25.7 Å². The van der Waals surface area contributed by atoms with Crippen molar-refractivity contribution in [2.75, 3.05) is 5.73 Å². The summed E-state index contributed by atoms with van der Waals surface area (Å²) in [6.45, 7) is 1.77. The van der Waals surface area contributed by atoms with Crippen molar-refractivity contribution in [3.63, 3.8) is 0 Å². The monoisotopic (exact) mass is 460 g/mol. The van der Waals surface area contributed by atoms with Crippen LogP contribution in [0.3, 0.4) is 0 Å². The van der Waals surface area contributed by atoms with E-state index in [1.54, 1.807) is 31.3 Å². The summed E-state index contributed by atoms with van der Waals surface area (Å²) in [7, 11) is 0. The standard InChI is InChI=1S/C17H13BrN6O5/c1-10-9-22(17(19)21-10)20-8-11-6-12(18)2-4-15(11)29-16-5-3-13(23(25)26)7-14(16)24(27)28/h2-9H,1H3,(H2,19,21). The van der Waals surface area contributed by atoms with Gasteiger partial charge in [0, 0.05) is 16.1 Å². The first-order valence-electron chi connectivity index (χ1n) is 8.00. The Morgan fingerprint density at radius 3 is 2.52 bits per heavy atom. The van der Waals surface area contributed by atoms with Crippen molar-refractivity contribution in [1.82, 2.24) is 9.66 Å². The van der Waals surface area contributed by atoms with Crippen LogP contribution in [0.5, 0.6) is 11.5 Å². The highest BCUT2D eigenvalue weighted by molar-refractivity contribution is 9.10. The van der Waals surface area contributed by atoms with Gasteiger partial charge in [0.2, 0.25) is 11.7 Å². The highest BCUT2D eigenvalue weighted by Crippen LogP contribution is 2.36. The van der Waals surface area contributed by atoms with E-state index in [-0.39, 0.29) is 17.4 Å². The topological polar surface area (TPSA) is 152 Å². The number of nitrogens with two attached hydrogens (primary N) is 1. The minimum atomic E-state index is -0.746. The van der Waals surface area contributed by atoms with Crippen molar-refractivity contribution in [3.05, 3.63) is 78.6 Å². The molecule has 29 heavy (non-hydrogen) atoms. The number of aryl methyl sites for hydroxylation is 1. The Labute approximate surface area is 171 Å². The van der Waals surface area contributed by atoms with Gasteiger partial charge in [-0.2, -0.15) is 5.10 Å². The van der Waals surface area contributed by atoms with Gasteiger partial charge in [0.15, 0.2) is 0 Å². The molecule has 0 saturated heterocycles. The summed E-state index contributed by atoms with van der Waals surface area (Å²) in [6.07, 6.45) is 3.08. The molecule has 0 aliphatic carbocycles. The van der Waals surface area contributed by atoms with Crippen LogP contribution in [0, 0.1) is 27.2 Å². The minimum Gasteiger partial charge on any atom is -0.449 e. The normalized spacial score (nSPS) is 11.0. The molecule has 0 unspecified atom stereocenters. The van der Waals surface area contributed by atoms with Crippen molar-refractivity contribution in [2.24, 2.45) is 5.10 Å². The smallest absolute Gasteiger partial charge is 0.318 e. The average molecular weight is 461 g/mol. The molecule has 0 aliphatic heterocycles. The molecule has 3 rings (SSSR count). The van der Waals surface area contributed by atoms with Gasteiger partial charge < -0.3 is 10.5 Å². The third-order valence-electron chi connectivity index (χ3n) is 3.70. The van der Waals surface area contributed by atoms with Gasteiger partial charge >= 0.3 is 5.69 Å². The molecule has 0 fully saturated rings. The quantitative estimate of drug-likeness (QED) is 0.331. The van der Waals surface area contributed by atoms with E-state index in [2.05, 4.69) is 26.0 Å². The van der Waals surface area contributed by atoms with Gasteiger partial charge in [-0.15, -0.1) is 0 Å². The van der Waals surface area contributed by atoms with E-state index >= 15 is 0 Å². The molecule has 12 heteroatoms. The Morgan fingerprint density at radius 1 is 1.17 bits per heavy atom. The number of rotatable bonds is 6. The molecule has 0 atom stereocenters. The maximum atomic E-state index is 11.3. The first-order valence-corrected chi connectivity index (χ1v) is 8.80. The Bertz CT molecular complexity index is 1140. The zero-order valence-electron chi connectivity index (χ0n) is 14.9. The molecule has 0 radical (unpaired) electrons. The number of non-ortho nitro benzene ring substituents is 1. The Balaban J connectivity index is 1.99. The van der Waals surface area contributed by atoms with Crippen LogP contribution in [-0.2, 0) is 0 Å². The summed E-state index contributed by atoms with van der Waals surface area (Å²) in [4.78, 5) is 24.8. The number of hydrogen-bond acceptors (Lipinski definition) is 8. The number of hydrogen-bond donors (Lipinski definition) is 1. The summed E-state index contributed by atoms with van der Waals surface area (Å²) in [6, 6.07) is 8.10. The van der Waals surface area contributed by atoms with Gasteiger partial charge in [0.25, 0.3) is 5.69 Å². The maximum absolute atomic E-state index is 11.3. The fourth-order valence-corrected chi connectivity index (χ4v) is 2.78. The largest absolute Gasteiger partial charge is 0.449 e. The van der Waals surface area contributed by atoms with Crippen molar-refractivity contribution in [1.29, 1.82) is 0 Å². The number of benzene rings is 2. The fraction of sp³-hybridized carbons (Fsp3) is 0.0588. The summed E-state index contributed by atoms with van der Waals surface area (Å²) >= 11 is 3.35. The van der Waals surface area contributed by atoms with E-state index in [1.165, 1.54) is 17.0 Å². The van der Waals surface area contributed by atoms with Gasteiger partial charge in [0.05, 0.1) is 34.0 Å². The number of nitro groups is 2. The lowest BCUT2D eigenvalue weighted by Crippen LogP contribution is -1.99. The second-order valence-electron chi connectivity index (χ2n) is 5.78. The first-order chi connectivity index (χ1) is 13.7. The lowest BCUT2D eigenvalue weighted by Gasteiger charge is -2.09. The SMILES string of the molecule is Cc1cn(N=Cc2cc(Br)ccc2Oc2ccc([N+](=O)[O-])cc2[N+](=O)[O-])c(N)n1. The van der Waals surface area contributed by atoms with E-state index in [1.807, 2.05) is 0 Å². The van der Waals surface area contributed by atoms with Crippen molar-refractivity contribution in [3.8, 4) is 11.5 Å². The number of aromatic nitrogens is 2. The van der Waals surface area contributed by atoms with Crippen molar-refractivity contribution < 1.29 is 14.6 Å². The number of ether oxygens (including phenoxy) is 1. The zero-order chi connectivity index (χ0) is 21.1. The molecule has 0 amide bonds. The van der Waals surface area contributed by atoms with Gasteiger partial charge in [0.1, 0.15) is 5.75 Å². The predicted octanol–water partition coefficient (Wildman–Crippen LogP) is 4.03. The summed E-state index contributed by atoms with van der Waals surface area (Å²) < 4.78 is 7.77. The fourth-order valence-electron chi connectivity index (χ4n) is 2.40. The Morgan fingerprint density at radius 2 is 1.90 bits per heavy atom. The third kappa shape index (κ3) is 4.55. The number of nitrogens with zero attached hydrogens (tertiary/aromatic N) is 5. The van der Waals surface area contributed by atoms with Crippen LogP contribution < -0.4 is 10.5 Å². The number of nitro benzene ring substituents is 2. The molecule has 0 saturated carbocycles. The molecule has 11 nitrogen and oxygen atoms in total. The second kappa shape index (κ2) is 8.06. The van der Waals surface area contributed by atoms with Crippen LogP contribution in [0.15, 0.2) is 52.2 Å². The van der Waals surface area contributed by atoms with Crippen LogP contribution in [0.1, 0.15) is 11.3 Å². The molecule has 2 aromatic carbocycles. The van der Waals surface area contributed by atoms with Crippen LogP contribution in [0.25, 0.3) is 0 Å².